The van der Waals surface area contributed by atoms with Gasteiger partial charge in [-0.2, -0.15) is 4.68 Å². The van der Waals surface area contributed by atoms with E-state index in [0.29, 0.717) is 11.4 Å². The van der Waals surface area contributed by atoms with Crippen LogP contribution >= 0.6 is 0 Å². The molecule has 0 radical (unpaired) electrons. The number of aliphatic hydroxyl groups is 2. The Hall–Kier alpha value is -2.86. The number of nitro groups is 2. The topological polar surface area (TPSA) is 162 Å². The zero-order chi connectivity index (χ0) is 20.0. The number of rotatable bonds is 6. The van der Waals surface area contributed by atoms with Crippen LogP contribution in [0.25, 0.3) is 0 Å². The SMILES string of the molecule is Cc1cc([N+](=O)[O-])n(CC(C)O)n1.Cc1cc([N+](=O)[O-])nn1CC(C)O. The molecule has 0 saturated carbocycles. The minimum absolute atomic E-state index is 0.0848. The van der Waals surface area contributed by atoms with E-state index in [9.17, 15) is 20.2 Å². The molecule has 2 rings (SSSR count). The van der Waals surface area contributed by atoms with Crippen LogP contribution in [0.4, 0.5) is 11.6 Å². The maximum absolute atomic E-state index is 10.5. The Balaban J connectivity index is 0.000000260. The second-order valence-electron chi connectivity index (χ2n) is 5.86. The van der Waals surface area contributed by atoms with Crippen LogP contribution in [0.15, 0.2) is 12.1 Å². The summed E-state index contributed by atoms with van der Waals surface area (Å²) in [5.41, 5.74) is 1.25. The number of aryl methyl sites for hydroxylation is 2. The highest BCUT2D eigenvalue weighted by Crippen LogP contribution is 2.13. The molecule has 2 unspecified atom stereocenters. The maximum atomic E-state index is 10.5. The van der Waals surface area contributed by atoms with Crippen molar-refractivity contribution in [1.82, 2.24) is 19.6 Å². The van der Waals surface area contributed by atoms with Crippen molar-refractivity contribution in [2.45, 2.75) is 53.0 Å². The van der Waals surface area contributed by atoms with Gasteiger partial charge in [-0.05, 0) is 37.5 Å². The molecule has 26 heavy (non-hydrogen) atoms. The van der Waals surface area contributed by atoms with E-state index in [-0.39, 0.29) is 24.7 Å². The highest BCUT2D eigenvalue weighted by atomic mass is 16.6. The Labute approximate surface area is 149 Å². The van der Waals surface area contributed by atoms with E-state index in [1.165, 1.54) is 21.5 Å². The highest BCUT2D eigenvalue weighted by Gasteiger charge is 2.17. The van der Waals surface area contributed by atoms with E-state index < -0.39 is 22.1 Å². The van der Waals surface area contributed by atoms with E-state index in [1.807, 2.05) is 0 Å². The van der Waals surface area contributed by atoms with Crippen molar-refractivity contribution in [2.75, 3.05) is 0 Å². The minimum atomic E-state index is -0.641. The van der Waals surface area contributed by atoms with Crippen molar-refractivity contribution in [3.63, 3.8) is 0 Å². The molecule has 0 fully saturated rings. The van der Waals surface area contributed by atoms with Gasteiger partial charge < -0.3 is 30.4 Å². The summed E-state index contributed by atoms with van der Waals surface area (Å²) in [5, 5.41) is 46.5. The average molecular weight is 370 g/mol. The van der Waals surface area contributed by atoms with E-state index in [0.717, 1.165) is 0 Å². The molecule has 0 aromatic carbocycles. The fraction of sp³-hybridized carbons (Fsp3) is 0.571. The van der Waals surface area contributed by atoms with Crippen LogP contribution in [-0.4, -0.2) is 51.8 Å². The summed E-state index contributed by atoms with van der Waals surface area (Å²) in [6.07, 6.45) is -1.20. The van der Waals surface area contributed by atoms with Crippen LogP contribution in [-0.2, 0) is 13.1 Å². The van der Waals surface area contributed by atoms with E-state index in [2.05, 4.69) is 10.2 Å². The molecule has 0 bridgehead atoms. The van der Waals surface area contributed by atoms with Gasteiger partial charge in [-0.3, -0.25) is 0 Å². The Kier molecular flexibility index (Phi) is 7.34. The van der Waals surface area contributed by atoms with Crippen molar-refractivity contribution >= 4 is 11.6 Å². The van der Waals surface area contributed by atoms with Gasteiger partial charge in [-0.15, -0.1) is 4.68 Å². The molecule has 0 amide bonds. The standard InChI is InChI=1S/2C7H11N3O3/c1-5-3-7(10(12)13)8-9(5)4-6(2)11;1-5-3-7(10(12)13)9(8-5)4-6(2)11/h2*3,6,11H,4H2,1-2H3. The monoisotopic (exact) mass is 370 g/mol. The molecule has 2 heterocycles. The van der Waals surface area contributed by atoms with Crippen molar-refractivity contribution in [3.8, 4) is 0 Å². The molecule has 0 aliphatic rings. The molecule has 2 aromatic rings. The molecule has 2 N–H and O–H groups in total. The normalized spacial score (nSPS) is 12.8. The first-order valence-electron chi connectivity index (χ1n) is 7.75. The molecular weight excluding hydrogens is 348 g/mol. The van der Waals surface area contributed by atoms with Gasteiger partial charge in [0.25, 0.3) is 0 Å². The Morgan fingerprint density at radius 2 is 1.54 bits per heavy atom. The third kappa shape index (κ3) is 6.22. The van der Waals surface area contributed by atoms with Gasteiger partial charge in [0.1, 0.15) is 6.54 Å². The fourth-order valence-corrected chi connectivity index (χ4v) is 2.08. The predicted molar refractivity (Wildman–Crippen MR) is 90.6 cm³/mol. The lowest BCUT2D eigenvalue weighted by molar-refractivity contribution is -0.392. The van der Waals surface area contributed by atoms with E-state index in [4.69, 9.17) is 10.2 Å². The third-order valence-corrected chi connectivity index (χ3v) is 3.10. The molecule has 0 spiro atoms. The lowest BCUT2D eigenvalue weighted by Crippen LogP contribution is -2.14. The second kappa shape index (κ2) is 9.01. The fourth-order valence-electron chi connectivity index (χ4n) is 2.08. The first-order valence-corrected chi connectivity index (χ1v) is 7.75. The van der Waals surface area contributed by atoms with Crippen LogP contribution in [0.2, 0.25) is 0 Å². The van der Waals surface area contributed by atoms with E-state index in [1.54, 1.807) is 27.7 Å². The number of aromatic nitrogens is 4. The van der Waals surface area contributed by atoms with Crippen LogP contribution < -0.4 is 0 Å². The Morgan fingerprint density at radius 1 is 1.00 bits per heavy atom. The summed E-state index contributed by atoms with van der Waals surface area (Å²) in [6, 6.07) is 2.75. The summed E-state index contributed by atoms with van der Waals surface area (Å²) in [5.74, 6) is -0.267. The van der Waals surface area contributed by atoms with Crippen LogP contribution in [0, 0.1) is 34.1 Å². The minimum Gasteiger partial charge on any atom is -0.391 e. The second-order valence-corrected chi connectivity index (χ2v) is 5.86. The summed E-state index contributed by atoms with van der Waals surface area (Å²) in [6.45, 7) is 6.96. The van der Waals surface area contributed by atoms with Crippen molar-refractivity contribution in [1.29, 1.82) is 0 Å². The average Bonchev–Trinajstić information content (AvgIpc) is 3.02. The predicted octanol–water partition coefficient (Wildman–Crippen LogP) is 0.961. The third-order valence-electron chi connectivity index (χ3n) is 3.10. The molecule has 12 nitrogen and oxygen atoms in total. The number of aliphatic hydroxyl groups excluding tert-OH is 2. The van der Waals surface area contributed by atoms with Crippen molar-refractivity contribution in [2.24, 2.45) is 0 Å². The Morgan fingerprint density at radius 3 is 1.96 bits per heavy atom. The molecule has 0 aliphatic heterocycles. The molecule has 0 aliphatic carbocycles. The smallest absolute Gasteiger partial charge is 0.390 e. The first-order chi connectivity index (χ1) is 12.0. The molecule has 2 atom stereocenters. The summed E-state index contributed by atoms with van der Waals surface area (Å²) >= 11 is 0. The first kappa shape index (κ1) is 21.2. The summed E-state index contributed by atoms with van der Waals surface area (Å²) < 4.78 is 2.61. The lowest BCUT2D eigenvalue weighted by Gasteiger charge is -2.01. The van der Waals surface area contributed by atoms with Gasteiger partial charge in [0.2, 0.25) is 0 Å². The largest absolute Gasteiger partial charge is 0.391 e. The van der Waals surface area contributed by atoms with Crippen LogP contribution in [0.3, 0.4) is 0 Å². The van der Waals surface area contributed by atoms with Gasteiger partial charge >= 0.3 is 11.6 Å². The lowest BCUT2D eigenvalue weighted by atomic mass is 10.4. The zero-order valence-electron chi connectivity index (χ0n) is 14.9. The van der Waals surface area contributed by atoms with Gasteiger partial charge in [-0.1, -0.05) is 5.10 Å². The molecular formula is C14H22N6O6. The van der Waals surface area contributed by atoms with Crippen LogP contribution in [0.5, 0.6) is 0 Å². The van der Waals surface area contributed by atoms with Crippen LogP contribution in [0.1, 0.15) is 25.2 Å². The number of hydrogen-bond donors (Lipinski definition) is 2. The highest BCUT2D eigenvalue weighted by molar-refractivity contribution is 5.22. The molecule has 2 aromatic heterocycles. The quantitative estimate of drug-likeness (QED) is 0.561. The van der Waals surface area contributed by atoms with Gasteiger partial charge in [0, 0.05) is 0 Å². The number of hydrogen-bond acceptors (Lipinski definition) is 8. The number of nitrogens with zero attached hydrogens (tertiary/aromatic N) is 6. The van der Waals surface area contributed by atoms with Crippen molar-refractivity contribution in [3.05, 3.63) is 43.7 Å². The van der Waals surface area contributed by atoms with E-state index >= 15 is 0 Å². The van der Waals surface area contributed by atoms with Crippen molar-refractivity contribution < 1.29 is 20.1 Å². The summed E-state index contributed by atoms with van der Waals surface area (Å²) in [7, 11) is 0. The van der Waals surface area contributed by atoms with Gasteiger partial charge in [-0.25, -0.2) is 0 Å². The zero-order valence-corrected chi connectivity index (χ0v) is 14.9. The maximum Gasteiger partial charge on any atom is 0.390 e. The van der Waals surface area contributed by atoms with Gasteiger partial charge in [0.05, 0.1) is 47.4 Å². The molecule has 144 valence electrons. The molecule has 0 saturated heterocycles. The summed E-state index contributed by atoms with van der Waals surface area (Å²) in [4.78, 5) is 19.7. The van der Waals surface area contributed by atoms with Gasteiger partial charge in [0.15, 0.2) is 0 Å². The molecule has 12 heteroatoms. The Bertz CT molecular complexity index is 766.